The van der Waals surface area contributed by atoms with Crippen molar-refractivity contribution in [2.24, 2.45) is 0 Å². The molecular weight excluding hydrogens is 170 g/mol. The van der Waals surface area contributed by atoms with Crippen molar-refractivity contribution < 1.29 is 4.79 Å². The highest BCUT2D eigenvalue weighted by Crippen LogP contribution is 2.04. The zero-order valence-corrected chi connectivity index (χ0v) is 8.23. The van der Waals surface area contributed by atoms with Gasteiger partial charge in [0.15, 0.2) is 5.78 Å². The Morgan fingerprint density at radius 3 is 3.00 bits per heavy atom. The van der Waals surface area contributed by atoms with Crippen molar-refractivity contribution in [3.8, 4) is 0 Å². The molecule has 0 atom stereocenters. The molecule has 0 spiro atoms. The maximum absolute atomic E-state index is 11.1. The lowest BCUT2D eigenvalue weighted by atomic mass is 10.3. The molecule has 66 valence electrons. The molecule has 0 aromatic carbocycles. The van der Waals surface area contributed by atoms with E-state index in [1.165, 1.54) is 0 Å². The topological polar surface area (TPSA) is 22.0 Å². The molecule has 2 nitrogen and oxygen atoms in total. The fraction of sp³-hybridized carbons (Fsp3) is 0.444. The van der Waals surface area contributed by atoms with Gasteiger partial charge in [-0.3, -0.25) is 4.79 Å². The Kier molecular flexibility index (Phi) is 3.41. The summed E-state index contributed by atoms with van der Waals surface area (Å²) in [5, 5.41) is 0. The summed E-state index contributed by atoms with van der Waals surface area (Å²) in [6, 6.07) is 3.78. The first kappa shape index (κ1) is 9.39. The Morgan fingerprint density at radius 1 is 1.67 bits per heavy atom. The van der Waals surface area contributed by atoms with Gasteiger partial charge in [0.25, 0.3) is 0 Å². The largest absolute Gasteiger partial charge is 0.344 e. The van der Waals surface area contributed by atoms with Crippen LogP contribution in [0, 0.1) is 0 Å². The number of nitrogens with zero attached hydrogens (tertiary/aromatic N) is 1. The second-order valence-electron chi connectivity index (χ2n) is 2.64. The fourth-order valence-corrected chi connectivity index (χ4v) is 1.50. The van der Waals surface area contributed by atoms with Gasteiger partial charge in [0.1, 0.15) is 0 Å². The van der Waals surface area contributed by atoms with Crippen LogP contribution in [0.2, 0.25) is 0 Å². The minimum absolute atomic E-state index is 0.140. The van der Waals surface area contributed by atoms with Crippen LogP contribution < -0.4 is 0 Å². The van der Waals surface area contributed by atoms with Gasteiger partial charge < -0.3 is 4.57 Å². The van der Waals surface area contributed by atoms with E-state index < -0.39 is 0 Å². The first-order valence-corrected chi connectivity index (χ1v) is 5.30. The Morgan fingerprint density at radius 2 is 2.42 bits per heavy atom. The van der Waals surface area contributed by atoms with Crippen LogP contribution in [0.15, 0.2) is 18.3 Å². The average molecular weight is 183 g/mol. The minimum Gasteiger partial charge on any atom is -0.344 e. The van der Waals surface area contributed by atoms with E-state index in [4.69, 9.17) is 0 Å². The van der Waals surface area contributed by atoms with Crippen molar-refractivity contribution in [2.45, 2.75) is 13.5 Å². The normalized spacial score (nSPS) is 10.2. The predicted molar refractivity (Wildman–Crippen MR) is 52.8 cm³/mol. The number of hydrogen-bond donors (Lipinski definition) is 0. The lowest BCUT2D eigenvalue weighted by molar-refractivity contribution is 0.100. The van der Waals surface area contributed by atoms with Gasteiger partial charge in [-0.05, 0) is 18.4 Å². The third-order valence-corrected chi connectivity index (χ3v) is 2.32. The summed E-state index contributed by atoms with van der Waals surface area (Å²) in [4.78, 5) is 11.1. The van der Waals surface area contributed by atoms with Crippen LogP contribution in [0.4, 0.5) is 0 Å². The van der Waals surface area contributed by atoms with Gasteiger partial charge in [-0.2, -0.15) is 11.8 Å². The number of ketones is 1. The van der Waals surface area contributed by atoms with Crippen LogP contribution in [0.3, 0.4) is 0 Å². The van der Waals surface area contributed by atoms with Gasteiger partial charge in [0.05, 0.1) is 5.69 Å². The maximum Gasteiger partial charge on any atom is 0.176 e. The smallest absolute Gasteiger partial charge is 0.176 e. The monoisotopic (exact) mass is 183 g/mol. The number of carbonyl (C=O) groups is 1. The number of hydrogen-bond acceptors (Lipinski definition) is 2. The molecular formula is C9H13NOS. The Hall–Kier alpha value is -0.700. The van der Waals surface area contributed by atoms with Gasteiger partial charge in [-0.1, -0.05) is 0 Å². The maximum atomic E-state index is 11.1. The van der Waals surface area contributed by atoms with Crippen molar-refractivity contribution >= 4 is 17.5 Å². The van der Waals surface area contributed by atoms with Gasteiger partial charge in [0.2, 0.25) is 0 Å². The van der Waals surface area contributed by atoms with E-state index in [9.17, 15) is 4.79 Å². The predicted octanol–water partition coefficient (Wildman–Crippen LogP) is 2.05. The molecule has 0 N–H and O–H groups in total. The molecule has 0 saturated heterocycles. The molecule has 0 aliphatic rings. The van der Waals surface area contributed by atoms with Crippen LogP contribution in [0.25, 0.3) is 0 Å². The molecule has 3 heteroatoms. The molecule has 1 rings (SSSR count). The number of aromatic nitrogens is 1. The Labute approximate surface area is 77.0 Å². The molecule has 0 unspecified atom stereocenters. The summed E-state index contributed by atoms with van der Waals surface area (Å²) in [6.07, 6.45) is 4.02. The van der Waals surface area contributed by atoms with Crippen molar-refractivity contribution in [1.29, 1.82) is 0 Å². The number of rotatable bonds is 4. The lowest BCUT2D eigenvalue weighted by Crippen LogP contribution is -2.06. The highest BCUT2D eigenvalue weighted by molar-refractivity contribution is 7.98. The van der Waals surface area contributed by atoms with Crippen molar-refractivity contribution in [1.82, 2.24) is 4.57 Å². The minimum atomic E-state index is 0.140. The number of Topliss-reactive ketones (excluding diaryl/α,β-unsaturated/α-hetero) is 1. The van der Waals surface area contributed by atoms with Crippen LogP contribution in [0.1, 0.15) is 17.4 Å². The average Bonchev–Trinajstić information content (AvgIpc) is 2.48. The first-order chi connectivity index (χ1) is 5.75. The molecule has 0 aliphatic heterocycles. The van der Waals surface area contributed by atoms with E-state index in [1.54, 1.807) is 18.7 Å². The van der Waals surface area contributed by atoms with Crippen molar-refractivity contribution in [3.05, 3.63) is 24.0 Å². The molecule has 0 amide bonds. The van der Waals surface area contributed by atoms with E-state index >= 15 is 0 Å². The number of carbonyl (C=O) groups excluding carboxylic acids is 1. The summed E-state index contributed by atoms with van der Waals surface area (Å²) in [7, 11) is 0. The quantitative estimate of drug-likeness (QED) is 0.666. The second-order valence-corrected chi connectivity index (χ2v) is 3.62. The van der Waals surface area contributed by atoms with E-state index in [2.05, 4.69) is 6.26 Å². The Balaban J connectivity index is 2.70. The second kappa shape index (κ2) is 4.36. The summed E-state index contributed by atoms with van der Waals surface area (Å²) < 4.78 is 2.00. The molecule has 1 aromatic heterocycles. The summed E-state index contributed by atoms with van der Waals surface area (Å²) in [5.41, 5.74) is 0.809. The van der Waals surface area contributed by atoms with Gasteiger partial charge in [-0.25, -0.2) is 0 Å². The zero-order chi connectivity index (χ0) is 8.97. The molecule has 1 heterocycles. The van der Waals surface area contributed by atoms with Gasteiger partial charge in [0, 0.05) is 25.4 Å². The molecule has 0 aliphatic carbocycles. The first-order valence-electron chi connectivity index (χ1n) is 3.90. The van der Waals surface area contributed by atoms with Crippen molar-refractivity contribution in [3.63, 3.8) is 0 Å². The summed E-state index contributed by atoms with van der Waals surface area (Å²) >= 11 is 1.79. The molecule has 0 radical (unpaired) electrons. The molecule has 0 fully saturated rings. The van der Waals surface area contributed by atoms with E-state index in [1.807, 2.05) is 22.9 Å². The van der Waals surface area contributed by atoms with Crippen LogP contribution in [-0.4, -0.2) is 22.4 Å². The van der Waals surface area contributed by atoms with Crippen LogP contribution in [0.5, 0.6) is 0 Å². The Bertz CT molecular complexity index is 267. The van der Waals surface area contributed by atoms with Crippen LogP contribution in [-0.2, 0) is 6.54 Å². The lowest BCUT2D eigenvalue weighted by Gasteiger charge is -2.04. The van der Waals surface area contributed by atoms with Crippen molar-refractivity contribution in [2.75, 3.05) is 12.0 Å². The standard InChI is InChI=1S/C9H13NOS/c1-8(11)9-4-3-5-10(9)6-7-12-2/h3-5H,6-7H2,1-2H3. The zero-order valence-electron chi connectivity index (χ0n) is 7.41. The fourth-order valence-electron chi connectivity index (χ4n) is 1.12. The van der Waals surface area contributed by atoms with E-state index in [0.717, 1.165) is 18.0 Å². The SMILES string of the molecule is CSCCn1cccc1C(C)=O. The van der Waals surface area contributed by atoms with E-state index in [0.29, 0.717) is 0 Å². The van der Waals surface area contributed by atoms with Gasteiger partial charge in [-0.15, -0.1) is 0 Å². The summed E-state index contributed by atoms with van der Waals surface area (Å²) in [5.74, 6) is 1.19. The highest BCUT2D eigenvalue weighted by Gasteiger charge is 2.03. The van der Waals surface area contributed by atoms with E-state index in [-0.39, 0.29) is 5.78 Å². The molecule has 0 saturated carbocycles. The molecule has 1 aromatic rings. The van der Waals surface area contributed by atoms with Gasteiger partial charge >= 0.3 is 0 Å². The number of aryl methyl sites for hydroxylation is 1. The molecule has 12 heavy (non-hydrogen) atoms. The number of thioether (sulfide) groups is 1. The summed E-state index contributed by atoms with van der Waals surface area (Å²) in [6.45, 7) is 2.52. The highest BCUT2D eigenvalue weighted by atomic mass is 32.2. The van der Waals surface area contributed by atoms with Crippen LogP contribution >= 0.6 is 11.8 Å². The molecule has 0 bridgehead atoms. The third kappa shape index (κ3) is 2.14. The third-order valence-electron chi connectivity index (χ3n) is 1.73.